The molecule has 0 aromatic rings. The predicted molar refractivity (Wildman–Crippen MR) is 74.5 cm³/mol. The van der Waals surface area contributed by atoms with Crippen LogP contribution in [0.5, 0.6) is 0 Å². The van der Waals surface area contributed by atoms with E-state index >= 15 is 0 Å². The van der Waals surface area contributed by atoms with Crippen LogP contribution in [0.1, 0.15) is 26.7 Å². The number of halogens is 2. The molecular weight excluding hydrogens is 318 g/mol. The molecule has 88 valence electrons. The summed E-state index contributed by atoms with van der Waals surface area (Å²) < 4.78 is 7.80. The van der Waals surface area contributed by atoms with Crippen molar-refractivity contribution in [1.29, 1.82) is 0 Å². The summed E-state index contributed by atoms with van der Waals surface area (Å²) in [5.74, 6) is 0. The Morgan fingerprint density at radius 2 is 1.31 bits per heavy atom. The average molecular weight is 336 g/mol. The third kappa shape index (κ3) is 3.65. The minimum atomic E-state index is -1.60. The molecule has 0 atom stereocenters. The monoisotopic (exact) mass is 334 g/mol. The van der Waals surface area contributed by atoms with Gasteiger partial charge in [-0.15, -0.1) is 24.8 Å². The Bertz CT molecular complexity index is 374. The van der Waals surface area contributed by atoms with Crippen LogP contribution < -0.4 is 0 Å². The number of rotatable bonds is 2. The Morgan fingerprint density at radius 3 is 1.56 bits per heavy atom. The topological polar surface area (TPSA) is 0 Å². The van der Waals surface area contributed by atoms with Crippen LogP contribution in [0.15, 0.2) is 42.0 Å². The van der Waals surface area contributed by atoms with Gasteiger partial charge in [0.1, 0.15) is 0 Å². The van der Waals surface area contributed by atoms with Gasteiger partial charge < -0.3 is 0 Å². The normalized spacial score (nSPS) is 17.6. The molecule has 0 radical (unpaired) electrons. The van der Waals surface area contributed by atoms with Gasteiger partial charge in [-0.3, -0.25) is 0 Å². The Hall–Kier alpha value is 0.293. The summed E-state index contributed by atoms with van der Waals surface area (Å²) in [4.78, 5) is 0. The Balaban J connectivity index is 0.00000112. The van der Waals surface area contributed by atoms with Gasteiger partial charge in [-0.1, -0.05) is 0 Å². The fourth-order valence-electron chi connectivity index (χ4n) is 1.95. The molecule has 0 spiro atoms. The van der Waals surface area contributed by atoms with Crippen LogP contribution in [0.3, 0.4) is 0 Å². The van der Waals surface area contributed by atoms with E-state index in [-0.39, 0.29) is 24.8 Å². The second-order valence-corrected chi connectivity index (χ2v) is 9.63. The quantitative estimate of drug-likeness (QED) is 0.703. The average Bonchev–Trinajstić information content (AvgIpc) is 2.73. The minimum absolute atomic E-state index is 0. The van der Waals surface area contributed by atoms with Gasteiger partial charge in [-0.05, 0) is 0 Å². The van der Waals surface area contributed by atoms with Crippen LogP contribution in [0, 0.1) is 0 Å². The van der Waals surface area contributed by atoms with Gasteiger partial charge in [0.2, 0.25) is 0 Å². The maximum absolute atomic E-state index is 4.46. The Morgan fingerprint density at radius 1 is 0.938 bits per heavy atom. The van der Waals surface area contributed by atoms with Crippen molar-refractivity contribution in [2.75, 3.05) is 0 Å². The van der Waals surface area contributed by atoms with Gasteiger partial charge in [-0.25, -0.2) is 0 Å². The second kappa shape index (κ2) is 6.89. The van der Waals surface area contributed by atoms with E-state index in [1.807, 2.05) is 0 Å². The van der Waals surface area contributed by atoms with Crippen molar-refractivity contribution in [3.8, 4) is 0 Å². The molecule has 0 aromatic carbocycles. The molecule has 0 fully saturated rings. The first kappa shape index (κ1) is 16.3. The number of hydrogen-bond donors (Lipinski definition) is 0. The van der Waals surface area contributed by atoms with E-state index in [9.17, 15) is 0 Å². The van der Waals surface area contributed by atoms with Crippen molar-refractivity contribution in [2.45, 2.75) is 26.7 Å². The van der Waals surface area contributed by atoms with E-state index in [1.165, 1.54) is 24.0 Å². The molecule has 0 saturated heterocycles. The van der Waals surface area contributed by atoms with Crippen molar-refractivity contribution >= 4 is 29.0 Å². The molecule has 2 aliphatic carbocycles. The first-order valence-corrected chi connectivity index (χ1v) is 9.31. The van der Waals surface area contributed by atoms with Crippen LogP contribution >= 0.6 is 24.8 Å². The van der Waals surface area contributed by atoms with Gasteiger partial charge in [0.15, 0.2) is 0 Å². The fraction of sp³-hybridized carbons (Fsp3) is 0.308. The summed E-state index contributed by atoms with van der Waals surface area (Å²) in [6, 6.07) is 0. The number of hydrogen-bond acceptors (Lipinski definition) is 0. The fourth-order valence-corrected chi connectivity index (χ4v) is 6.66. The zero-order chi connectivity index (χ0) is 10.1. The molecular formula is C13H18Cl2Zr. The molecule has 0 amide bonds. The Kier molecular flexibility index (Phi) is 7.02. The van der Waals surface area contributed by atoms with E-state index < -0.39 is 21.3 Å². The summed E-state index contributed by atoms with van der Waals surface area (Å²) in [6.45, 7) is 4.38. The second-order valence-electron chi connectivity index (χ2n) is 4.12. The van der Waals surface area contributed by atoms with Crippen molar-refractivity contribution in [3.63, 3.8) is 0 Å². The van der Waals surface area contributed by atoms with Crippen molar-refractivity contribution in [3.05, 3.63) is 42.0 Å². The van der Waals surface area contributed by atoms with Gasteiger partial charge in [0.25, 0.3) is 0 Å². The first-order chi connectivity index (χ1) is 6.66. The standard InChI is InChI=1S/2C6H7.CH2.2ClH.Zr/c2*1-6-4-2-3-5-6;;;;/h2*4-5H,2H2,1H3;1H2;2*1H;. The molecule has 0 heterocycles. The van der Waals surface area contributed by atoms with Crippen LogP contribution in [-0.2, 0) is 21.3 Å². The van der Waals surface area contributed by atoms with E-state index in [2.05, 4.69) is 42.4 Å². The first-order valence-electron chi connectivity index (χ1n) is 5.11. The van der Waals surface area contributed by atoms with Crippen molar-refractivity contribution in [2.24, 2.45) is 0 Å². The van der Waals surface area contributed by atoms with Gasteiger partial charge >= 0.3 is 94.2 Å². The van der Waals surface area contributed by atoms with Gasteiger partial charge in [0, 0.05) is 0 Å². The molecule has 2 aliphatic rings. The van der Waals surface area contributed by atoms with Crippen LogP contribution in [0.4, 0.5) is 0 Å². The van der Waals surface area contributed by atoms with Crippen LogP contribution in [0.2, 0.25) is 0 Å². The zero-order valence-corrected chi connectivity index (χ0v) is 13.8. The molecule has 0 bridgehead atoms. The summed E-state index contributed by atoms with van der Waals surface area (Å²) in [7, 11) is 0. The van der Waals surface area contributed by atoms with Gasteiger partial charge in [0.05, 0.1) is 0 Å². The van der Waals surface area contributed by atoms with E-state index in [4.69, 9.17) is 0 Å². The zero-order valence-electron chi connectivity index (χ0n) is 9.75. The molecule has 0 unspecified atom stereocenters. The summed E-state index contributed by atoms with van der Waals surface area (Å²) in [5, 5.41) is 0. The van der Waals surface area contributed by atoms with Crippen molar-refractivity contribution in [1.82, 2.24) is 0 Å². The molecule has 2 rings (SSSR count). The van der Waals surface area contributed by atoms with Gasteiger partial charge in [-0.2, -0.15) is 0 Å². The predicted octanol–water partition coefficient (Wildman–Crippen LogP) is 4.35. The third-order valence-corrected chi connectivity index (χ3v) is 8.39. The molecule has 3 heteroatoms. The molecule has 0 aromatic heterocycles. The van der Waals surface area contributed by atoms with E-state index in [1.54, 1.807) is 6.56 Å². The summed E-state index contributed by atoms with van der Waals surface area (Å²) in [5.41, 5.74) is 2.87. The van der Waals surface area contributed by atoms with Crippen LogP contribution in [-0.4, -0.2) is 4.21 Å². The summed E-state index contributed by atoms with van der Waals surface area (Å²) >= 11 is -1.60. The molecule has 0 nitrogen and oxygen atoms in total. The molecule has 16 heavy (non-hydrogen) atoms. The molecule has 0 saturated carbocycles. The van der Waals surface area contributed by atoms with E-state index in [0.717, 1.165) is 0 Å². The molecule has 0 aliphatic heterocycles. The maximum atomic E-state index is 4.46. The van der Waals surface area contributed by atoms with Crippen LogP contribution in [0.25, 0.3) is 0 Å². The van der Waals surface area contributed by atoms with E-state index in [0.29, 0.717) is 0 Å². The SMILES string of the molecule is Cl.Cl.[CH2]=[Zr]([C]1=CC(C)=CC1)[C]1=CC(C)=CC1. The summed E-state index contributed by atoms with van der Waals surface area (Å²) in [6.07, 6.45) is 11.8. The van der Waals surface area contributed by atoms with Crippen molar-refractivity contribution < 1.29 is 21.3 Å². The number of allylic oxidation sites excluding steroid dienone is 8. The Labute approximate surface area is 118 Å². The third-order valence-electron chi connectivity index (χ3n) is 2.87. The molecule has 0 N–H and O–H groups in total.